The summed E-state index contributed by atoms with van der Waals surface area (Å²) in [5, 5.41) is 3.28. The van der Waals surface area contributed by atoms with E-state index >= 15 is 0 Å². The lowest BCUT2D eigenvalue weighted by atomic mass is 10.0. The fraction of sp³-hybridized carbons (Fsp3) is 0.409. The first kappa shape index (κ1) is 23.5. The molecule has 3 rings (SSSR count). The maximum absolute atomic E-state index is 13.2. The highest BCUT2D eigenvalue weighted by Crippen LogP contribution is 2.27. The standard InChI is InChI=1S/C22H28ClN3O4S/c1-26-12-10-18(11-13-26)24-22(27)19(14-16-6-4-3-5-7-16)25-31(28,29)21-15-17(23)8-9-20(21)30-2/h3-9,15,18-19,25H,10-14H2,1-2H3,(H,24,27). The van der Waals surface area contributed by atoms with Crippen LogP contribution in [0.15, 0.2) is 53.4 Å². The molecule has 31 heavy (non-hydrogen) atoms. The quantitative estimate of drug-likeness (QED) is 0.625. The number of hydrogen-bond donors (Lipinski definition) is 2. The van der Waals surface area contributed by atoms with Crippen molar-refractivity contribution in [2.24, 2.45) is 0 Å². The number of carbonyl (C=O) groups excluding carboxylic acids is 1. The number of carbonyl (C=O) groups is 1. The highest BCUT2D eigenvalue weighted by atomic mass is 35.5. The van der Waals surface area contributed by atoms with Gasteiger partial charge < -0.3 is 15.0 Å². The molecule has 1 heterocycles. The van der Waals surface area contributed by atoms with Crippen LogP contribution >= 0.6 is 11.6 Å². The van der Waals surface area contributed by atoms with Gasteiger partial charge in [0.05, 0.1) is 7.11 Å². The summed E-state index contributed by atoms with van der Waals surface area (Å²) in [6.45, 7) is 1.78. The molecule has 1 aliphatic rings. The van der Waals surface area contributed by atoms with Crippen molar-refractivity contribution in [3.63, 3.8) is 0 Å². The fourth-order valence-electron chi connectivity index (χ4n) is 3.60. The van der Waals surface area contributed by atoms with E-state index in [4.69, 9.17) is 16.3 Å². The molecule has 0 bridgehead atoms. The smallest absolute Gasteiger partial charge is 0.245 e. The van der Waals surface area contributed by atoms with Crippen molar-refractivity contribution < 1.29 is 17.9 Å². The van der Waals surface area contributed by atoms with Crippen molar-refractivity contribution >= 4 is 27.5 Å². The Kier molecular flexibility index (Phi) is 7.94. The topological polar surface area (TPSA) is 87.7 Å². The highest BCUT2D eigenvalue weighted by Gasteiger charge is 2.30. The summed E-state index contributed by atoms with van der Waals surface area (Å²) >= 11 is 6.02. The fourth-order valence-corrected chi connectivity index (χ4v) is 5.23. The second-order valence-electron chi connectivity index (χ2n) is 7.74. The number of halogens is 1. The van der Waals surface area contributed by atoms with Crippen molar-refractivity contribution in [3.8, 4) is 5.75 Å². The monoisotopic (exact) mass is 465 g/mol. The van der Waals surface area contributed by atoms with Crippen LogP contribution in [0.2, 0.25) is 5.02 Å². The molecular formula is C22H28ClN3O4S. The maximum atomic E-state index is 13.2. The van der Waals surface area contributed by atoms with Gasteiger partial charge in [0, 0.05) is 11.1 Å². The highest BCUT2D eigenvalue weighted by molar-refractivity contribution is 7.89. The number of likely N-dealkylation sites (tertiary alicyclic amines) is 1. The van der Waals surface area contributed by atoms with Gasteiger partial charge in [-0.1, -0.05) is 41.9 Å². The van der Waals surface area contributed by atoms with Crippen LogP contribution in [0.3, 0.4) is 0 Å². The molecule has 7 nitrogen and oxygen atoms in total. The Labute approximate surface area is 188 Å². The van der Waals surface area contributed by atoms with Crippen molar-refractivity contribution in [3.05, 3.63) is 59.1 Å². The molecule has 1 atom stereocenters. The minimum atomic E-state index is -4.07. The van der Waals surface area contributed by atoms with Crippen LogP contribution in [0.25, 0.3) is 0 Å². The molecular weight excluding hydrogens is 438 g/mol. The Morgan fingerprint density at radius 2 is 1.87 bits per heavy atom. The number of benzene rings is 2. The third kappa shape index (κ3) is 6.43. The Balaban J connectivity index is 1.83. The molecule has 1 amide bonds. The van der Waals surface area contributed by atoms with Gasteiger partial charge in [-0.3, -0.25) is 4.79 Å². The van der Waals surface area contributed by atoms with E-state index in [-0.39, 0.29) is 34.0 Å². The maximum Gasteiger partial charge on any atom is 0.245 e. The van der Waals surface area contributed by atoms with Crippen LogP contribution in [-0.2, 0) is 21.2 Å². The second kappa shape index (κ2) is 10.5. The lowest BCUT2D eigenvalue weighted by Crippen LogP contribution is -2.52. The van der Waals surface area contributed by atoms with Crippen molar-refractivity contribution in [1.82, 2.24) is 14.9 Å². The Morgan fingerprint density at radius 1 is 1.19 bits per heavy atom. The van der Waals surface area contributed by atoms with Gasteiger partial charge in [-0.05, 0) is 63.2 Å². The molecule has 1 fully saturated rings. The number of rotatable bonds is 8. The molecule has 168 valence electrons. The predicted octanol–water partition coefficient (Wildman–Crippen LogP) is 2.45. The Bertz CT molecular complexity index is 993. The molecule has 0 aliphatic carbocycles. The summed E-state index contributed by atoms with van der Waals surface area (Å²) in [6, 6.07) is 12.7. The lowest BCUT2D eigenvalue weighted by Gasteiger charge is -2.30. The second-order valence-corrected chi connectivity index (χ2v) is 9.86. The van der Waals surface area contributed by atoms with Gasteiger partial charge >= 0.3 is 0 Å². The van der Waals surface area contributed by atoms with Gasteiger partial charge in [0.1, 0.15) is 16.7 Å². The number of nitrogens with zero attached hydrogens (tertiary/aromatic N) is 1. The van der Waals surface area contributed by atoms with Gasteiger partial charge in [0.25, 0.3) is 0 Å². The van der Waals surface area contributed by atoms with E-state index in [0.29, 0.717) is 0 Å². The minimum absolute atomic E-state index is 0.0205. The zero-order chi connectivity index (χ0) is 22.4. The molecule has 1 aliphatic heterocycles. The van der Waals surface area contributed by atoms with Crippen LogP contribution in [0, 0.1) is 0 Å². The van der Waals surface area contributed by atoms with Gasteiger partial charge in [0.2, 0.25) is 15.9 Å². The number of ether oxygens (including phenoxy) is 1. The first-order chi connectivity index (χ1) is 14.8. The van der Waals surface area contributed by atoms with Gasteiger partial charge in [0.15, 0.2) is 0 Å². The van der Waals surface area contributed by atoms with Crippen molar-refractivity contribution in [1.29, 1.82) is 0 Å². The van der Waals surface area contributed by atoms with Crippen LogP contribution in [-0.4, -0.2) is 58.6 Å². The Morgan fingerprint density at radius 3 is 2.52 bits per heavy atom. The minimum Gasteiger partial charge on any atom is -0.495 e. The normalized spacial score (nSPS) is 16.6. The number of methoxy groups -OCH3 is 1. The summed E-state index contributed by atoms with van der Waals surface area (Å²) in [7, 11) is -0.638. The molecule has 2 aromatic rings. The van der Waals surface area contributed by atoms with Gasteiger partial charge in [-0.2, -0.15) is 4.72 Å². The number of hydrogen-bond acceptors (Lipinski definition) is 5. The SMILES string of the molecule is COc1ccc(Cl)cc1S(=O)(=O)NC(Cc1ccccc1)C(=O)NC1CCN(C)CC1. The third-order valence-corrected chi connectivity index (χ3v) is 7.10. The predicted molar refractivity (Wildman–Crippen MR) is 121 cm³/mol. The zero-order valence-electron chi connectivity index (χ0n) is 17.7. The lowest BCUT2D eigenvalue weighted by molar-refractivity contribution is -0.123. The molecule has 0 radical (unpaired) electrons. The summed E-state index contributed by atoms with van der Waals surface area (Å²) in [6.07, 6.45) is 1.88. The molecule has 0 aromatic heterocycles. The van der Waals surface area contributed by atoms with E-state index in [1.165, 1.54) is 19.2 Å². The van der Waals surface area contributed by atoms with Crippen LogP contribution in [0.5, 0.6) is 5.75 Å². The summed E-state index contributed by atoms with van der Waals surface area (Å²) in [5.41, 5.74) is 0.854. The van der Waals surface area contributed by atoms with E-state index in [9.17, 15) is 13.2 Å². The molecule has 0 spiro atoms. The van der Waals surface area contributed by atoms with E-state index < -0.39 is 16.1 Å². The average Bonchev–Trinajstić information content (AvgIpc) is 2.75. The zero-order valence-corrected chi connectivity index (χ0v) is 19.2. The molecule has 2 N–H and O–H groups in total. The van der Waals surface area contributed by atoms with Crippen molar-refractivity contribution in [2.45, 2.75) is 36.2 Å². The molecule has 1 saturated heterocycles. The van der Waals surface area contributed by atoms with Crippen LogP contribution < -0.4 is 14.8 Å². The average molecular weight is 466 g/mol. The molecule has 2 aromatic carbocycles. The van der Waals surface area contributed by atoms with E-state index in [1.54, 1.807) is 6.07 Å². The number of sulfonamides is 1. The van der Waals surface area contributed by atoms with Gasteiger partial charge in [-0.15, -0.1) is 0 Å². The van der Waals surface area contributed by atoms with E-state index in [2.05, 4.69) is 14.9 Å². The number of amides is 1. The van der Waals surface area contributed by atoms with Gasteiger partial charge in [-0.25, -0.2) is 8.42 Å². The van der Waals surface area contributed by atoms with E-state index in [0.717, 1.165) is 31.5 Å². The number of nitrogens with one attached hydrogen (secondary N) is 2. The Hall–Kier alpha value is -2.13. The summed E-state index contributed by atoms with van der Waals surface area (Å²) in [5.74, 6) is -0.186. The third-order valence-electron chi connectivity index (χ3n) is 5.38. The molecule has 0 saturated carbocycles. The first-order valence-electron chi connectivity index (χ1n) is 10.2. The summed E-state index contributed by atoms with van der Waals surface area (Å²) in [4.78, 5) is 15.2. The first-order valence-corrected chi connectivity index (χ1v) is 12.0. The number of piperidine rings is 1. The molecule has 9 heteroatoms. The summed E-state index contributed by atoms with van der Waals surface area (Å²) < 4.78 is 34.1. The van der Waals surface area contributed by atoms with Crippen molar-refractivity contribution in [2.75, 3.05) is 27.2 Å². The van der Waals surface area contributed by atoms with E-state index in [1.807, 2.05) is 37.4 Å². The molecule has 1 unspecified atom stereocenters. The van der Waals surface area contributed by atoms with Crippen LogP contribution in [0.1, 0.15) is 18.4 Å². The largest absolute Gasteiger partial charge is 0.495 e. The van der Waals surface area contributed by atoms with Crippen LogP contribution in [0.4, 0.5) is 0 Å².